The first-order chi connectivity index (χ1) is 12.6. The van der Waals surface area contributed by atoms with E-state index in [9.17, 15) is 14.0 Å². The predicted molar refractivity (Wildman–Crippen MR) is 93.1 cm³/mol. The van der Waals surface area contributed by atoms with Crippen LogP contribution < -0.4 is 0 Å². The summed E-state index contributed by atoms with van der Waals surface area (Å²) in [5.74, 6) is -0.590. The summed E-state index contributed by atoms with van der Waals surface area (Å²) < 4.78 is 15.0. The third kappa shape index (κ3) is 3.21. The molecule has 2 aromatic rings. The first-order valence-corrected chi connectivity index (χ1v) is 9.03. The molecular formula is C19H21FN4O2. The van der Waals surface area contributed by atoms with Gasteiger partial charge in [0, 0.05) is 32.2 Å². The fraction of sp³-hybridized carbons (Fsp3) is 0.421. The van der Waals surface area contributed by atoms with Crippen LogP contribution in [0.25, 0.3) is 0 Å². The summed E-state index contributed by atoms with van der Waals surface area (Å²) in [6.07, 6.45) is 3.18. The molecule has 4 rings (SSSR count). The number of hydrogen-bond acceptors (Lipinski definition) is 3. The zero-order chi connectivity index (χ0) is 18.1. The van der Waals surface area contributed by atoms with Crippen LogP contribution in [-0.2, 0) is 13.1 Å². The molecule has 1 aromatic heterocycles. The van der Waals surface area contributed by atoms with Crippen LogP contribution in [0.15, 0.2) is 30.3 Å². The molecule has 26 heavy (non-hydrogen) atoms. The minimum absolute atomic E-state index is 0.101. The Morgan fingerprint density at radius 1 is 1.08 bits per heavy atom. The standard InChI is InChI=1S/C19H21FN4O2/c20-15-6-4-5-14(11-15)13-23-9-10-24-17(19(23)26)12-16(21-24)18(25)22-7-2-1-3-8-22/h4-6,11-12H,1-3,7-10,13H2. The molecule has 2 aliphatic heterocycles. The topological polar surface area (TPSA) is 58.4 Å². The number of nitrogens with zero attached hydrogens (tertiary/aromatic N) is 4. The number of halogens is 1. The number of carbonyl (C=O) groups is 2. The van der Waals surface area contributed by atoms with Crippen molar-refractivity contribution in [3.8, 4) is 0 Å². The molecule has 136 valence electrons. The van der Waals surface area contributed by atoms with Gasteiger partial charge >= 0.3 is 0 Å². The van der Waals surface area contributed by atoms with Gasteiger partial charge in [0.15, 0.2) is 5.69 Å². The Labute approximate surface area is 151 Å². The van der Waals surface area contributed by atoms with E-state index < -0.39 is 0 Å². The van der Waals surface area contributed by atoms with Crippen LogP contribution in [0.5, 0.6) is 0 Å². The second-order valence-electron chi connectivity index (χ2n) is 6.85. The van der Waals surface area contributed by atoms with Crippen molar-refractivity contribution in [3.63, 3.8) is 0 Å². The highest BCUT2D eigenvalue weighted by atomic mass is 19.1. The maximum atomic E-state index is 13.4. The Morgan fingerprint density at radius 2 is 1.88 bits per heavy atom. The van der Waals surface area contributed by atoms with Gasteiger partial charge in [-0.2, -0.15) is 5.10 Å². The summed E-state index contributed by atoms with van der Waals surface area (Å²) in [5, 5.41) is 4.35. The molecule has 1 aromatic carbocycles. The Kier molecular flexibility index (Phi) is 4.44. The number of amides is 2. The van der Waals surface area contributed by atoms with E-state index in [1.54, 1.807) is 27.8 Å². The summed E-state index contributed by atoms with van der Waals surface area (Å²) in [4.78, 5) is 28.9. The molecule has 0 spiro atoms. The number of fused-ring (bicyclic) bond motifs is 1. The van der Waals surface area contributed by atoms with Gasteiger partial charge in [0.2, 0.25) is 0 Å². The molecule has 7 heteroatoms. The number of benzene rings is 1. The highest BCUT2D eigenvalue weighted by molar-refractivity contribution is 5.98. The zero-order valence-corrected chi connectivity index (χ0v) is 14.5. The number of rotatable bonds is 3. The van der Waals surface area contributed by atoms with E-state index in [0.717, 1.165) is 37.9 Å². The van der Waals surface area contributed by atoms with Crippen molar-refractivity contribution < 1.29 is 14.0 Å². The quantitative estimate of drug-likeness (QED) is 0.848. The van der Waals surface area contributed by atoms with Crippen LogP contribution in [0.3, 0.4) is 0 Å². The molecule has 0 unspecified atom stereocenters. The summed E-state index contributed by atoms with van der Waals surface area (Å²) >= 11 is 0. The van der Waals surface area contributed by atoms with Gasteiger partial charge in [0.25, 0.3) is 11.8 Å². The lowest BCUT2D eigenvalue weighted by molar-refractivity contribution is 0.0678. The van der Waals surface area contributed by atoms with Gasteiger partial charge in [0.1, 0.15) is 11.5 Å². The van der Waals surface area contributed by atoms with Crippen molar-refractivity contribution in [2.24, 2.45) is 0 Å². The minimum Gasteiger partial charge on any atom is -0.337 e. The highest BCUT2D eigenvalue weighted by Gasteiger charge is 2.29. The molecule has 3 heterocycles. The average molecular weight is 356 g/mol. The maximum Gasteiger partial charge on any atom is 0.274 e. The third-order valence-corrected chi connectivity index (χ3v) is 4.99. The number of aromatic nitrogens is 2. The van der Waals surface area contributed by atoms with Gasteiger partial charge in [-0.25, -0.2) is 4.39 Å². The number of piperidine rings is 1. The van der Waals surface area contributed by atoms with E-state index >= 15 is 0 Å². The van der Waals surface area contributed by atoms with Crippen molar-refractivity contribution in [2.45, 2.75) is 32.4 Å². The molecule has 0 atom stereocenters. The van der Waals surface area contributed by atoms with Crippen LogP contribution in [0.2, 0.25) is 0 Å². The van der Waals surface area contributed by atoms with Crippen LogP contribution in [0.1, 0.15) is 45.8 Å². The van der Waals surface area contributed by atoms with Gasteiger partial charge in [-0.1, -0.05) is 12.1 Å². The first kappa shape index (κ1) is 16.8. The fourth-order valence-electron chi connectivity index (χ4n) is 3.61. The van der Waals surface area contributed by atoms with Crippen molar-refractivity contribution in [1.29, 1.82) is 0 Å². The van der Waals surface area contributed by atoms with E-state index in [0.29, 0.717) is 31.0 Å². The number of hydrogen-bond donors (Lipinski definition) is 0. The molecule has 0 bridgehead atoms. The SMILES string of the molecule is O=C(c1cc2n(n1)CCN(Cc1cccc(F)c1)C2=O)N1CCCCC1. The van der Waals surface area contributed by atoms with Gasteiger partial charge < -0.3 is 9.80 Å². The normalized spacial score (nSPS) is 17.3. The minimum atomic E-state index is -0.314. The molecule has 1 fully saturated rings. The lowest BCUT2D eigenvalue weighted by Crippen LogP contribution is -2.39. The summed E-state index contributed by atoms with van der Waals surface area (Å²) in [7, 11) is 0. The Morgan fingerprint density at radius 3 is 2.65 bits per heavy atom. The van der Waals surface area contributed by atoms with Crippen molar-refractivity contribution in [3.05, 3.63) is 53.1 Å². The molecule has 2 aliphatic rings. The molecule has 1 saturated heterocycles. The van der Waals surface area contributed by atoms with Crippen LogP contribution in [0.4, 0.5) is 4.39 Å². The van der Waals surface area contributed by atoms with Gasteiger partial charge in [-0.3, -0.25) is 14.3 Å². The van der Waals surface area contributed by atoms with Crippen molar-refractivity contribution in [2.75, 3.05) is 19.6 Å². The van der Waals surface area contributed by atoms with Crippen LogP contribution in [-0.4, -0.2) is 51.0 Å². The molecular weight excluding hydrogens is 335 g/mol. The highest BCUT2D eigenvalue weighted by Crippen LogP contribution is 2.19. The smallest absolute Gasteiger partial charge is 0.274 e. The molecule has 6 nitrogen and oxygen atoms in total. The maximum absolute atomic E-state index is 13.4. The lowest BCUT2D eigenvalue weighted by Gasteiger charge is -2.27. The monoisotopic (exact) mass is 356 g/mol. The fourth-order valence-corrected chi connectivity index (χ4v) is 3.61. The number of likely N-dealkylation sites (tertiary alicyclic amines) is 1. The van der Waals surface area contributed by atoms with Gasteiger partial charge in [-0.15, -0.1) is 0 Å². The Hall–Kier alpha value is -2.70. The van der Waals surface area contributed by atoms with E-state index in [1.165, 1.54) is 12.1 Å². The third-order valence-electron chi connectivity index (χ3n) is 4.99. The molecule has 0 aliphatic carbocycles. The van der Waals surface area contributed by atoms with Crippen LogP contribution >= 0.6 is 0 Å². The average Bonchev–Trinajstić information content (AvgIpc) is 3.09. The van der Waals surface area contributed by atoms with Gasteiger partial charge in [0.05, 0.1) is 6.54 Å². The van der Waals surface area contributed by atoms with E-state index in [-0.39, 0.29) is 17.6 Å². The van der Waals surface area contributed by atoms with E-state index in [2.05, 4.69) is 5.10 Å². The Balaban J connectivity index is 1.51. The second-order valence-corrected chi connectivity index (χ2v) is 6.85. The van der Waals surface area contributed by atoms with Crippen LogP contribution in [0, 0.1) is 5.82 Å². The summed E-state index contributed by atoms with van der Waals surface area (Å²) in [5.41, 5.74) is 1.51. The second kappa shape index (κ2) is 6.90. The van der Waals surface area contributed by atoms with E-state index in [1.807, 2.05) is 4.90 Å². The van der Waals surface area contributed by atoms with Gasteiger partial charge in [-0.05, 0) is 37.0 Å². The molecule has 0 saturated carbocycles. The molecule has 2 amide bonds. The molecule has 0 radical (unpaired) electrons. The van der Waals surface area contributed by atoms with Crippen molar-refractivity contribution in [1.82, 2.24) is 19.6 Å². The summed E-state index contributed by atoms with van der Waals surface area (Å²) in [6.45, 7) is 2.86. The largest absolute Gasteiger partial charge is 0.337 e. The summed E-state index contributed by atoms with van der Waals surface area (Å²) in [6, 6.07) is 7.85. The lowest BCUT2D eigenvalue weighted by atomic mass is 10.1. The predicted octanol–water partition coefficient (Wildman–Crippen LogP) is 2.30. The molecule has 0 N–H and O–H groups in total. The van der Waals surface area contributed by atoms with E-state index in [4.69, 9.17) is 0 Å². The number of carbonyl (C=O) groups excluding carboxylic acids is 2. The Bertz CT molecular complexity index is 842. The van der Waals surface area contributed by atoms with Crippen molar-refractivity contribution >= 4 is 11.8 Å². The zero-order valence-electron chi connectivity index (χ0n) is 14.5. The first-order valence-electron chi connectivity index (χ1n) is 9.03.